The Morgan fingerprint density at radius 3 is 2.00 bits per heavy atom. The summed E-state index contributed by atoms with van der Waals surface area (Å²) in [7, 11) is 1.45. The summed E-state index contributed by atoms with van der Waals surface area (Å²) in [5.41, 5.74) is 0. The average Bonchev–Trinajstić information content (AvgIpc) is 2.50. The maximum atomic E-state index is 10.9. The second-order valence-electron chi connectivity index (χ2n) is 5.44. The molecule has 0 amide bonds. The Labute approximate surface area is 131 Å². The Kier molecular flexibility index (Phi) is 15.8. The van der Waals surface area contributed by atoms with Crippen LogP contribution < -0.4 is 0 Å². The molecular weight excluding hydrogens is 260 g/mol. The van der Waals surface area contributed by atoms with Gasteiger partial charge in [0.1, 0.15) is 0 Å². The summed E-state index contributed by atoms with van der Waals surface area (Å²) in [4.78, 5) is 10.9. The van der Waals surface area contributed by atoms with Crippen LogP contribution in [0, 0.1) is 11.8 Å². The zero-order chi connectivity index (χ0) is 15.6. The Balaban J connectivity index is 3.10. The first-order chi connectivity index (χ1) is 10.3. The van der Waals surface area contributed by atoms with E-state index in [4.69, 9.17) is 0 Å². The lowest BCUT2D eigenvalue weighted by Gasteiger charge is -2.01. The molecule has 0 aliphatic carbocycles. The number of esters is 1. The Bertz CT molecular complexity index is 309. The molecule has 0 bridgehead atoms. The second-order valence-corrected chi connectivity index (χ2v) is 5.44. The fourth-order valence-electron chi connectivity index (χ4n) is 2.17. The molecule has 0 unspecified atom stereocenters. The molecule has 2 nitrogen and oxygen atoms in total. The molecule has 0 atom stereocenters. The first-order valence-corrected chi connectivity index (χ1v) is 8.44. The predicted molar refractivity (Wildman–Crippen MR) is 90.0 cm³/mol. The molecule has 0 aliphatic rings. The number of hydrogen-bond acceptors (Lipinski definition) is 2. The predicted octanol–water partition coefficient (Wildman–Crippen LogP) is 5.42. The van der Waals surface area contributed by atoms with Crippen LogP contribution >= 0.6 is 0 Å². The fourth-order valence-corrected chi connectivity index (χ4v) is 2.17. The van der Waals surface area contributed by atoms with Gasteiger partial charge >= 0.3 is 5.97 Å². The van der Waals surface area contributed by atoms with E-state index in [-0.39, 0.29) is 5.97 Å². The lowest BCUT2D eigenvalue weighted by molar-refractivity contribution is -0.140. The summed E-state index contributed by atoms with van der Waals surface area (Å²) >= 11 is 0. The molecule has 0 N–H and O–H groups in total. The average molecular weight is 292 g/mol. The van der Waals surface area contributed by atoms with Crippen LogP contribution in [0.5, 0.6) is 0 Å². The molecule has 0 aromatic heterocycles. The van der Waals surface area contributed by atoms with E-state index in [0.29, 0.717) is 6.42 Å². The Morgan fingerprint density at radius 2 is 1.43 bits per heavy atom. The summed E-state index contributed by atoms with van der Waals surface area (Å²) in [5.74, 6) is 6.32. The third-order valence-corrected chi connectivity index (χ3v) is 3.51. The number of allylic oxidation sites excluding steroid dienone is 1. The van der Waals surface area contributed by atoms with E-state index in [9.17, 15) is 4.79 Å². The van der Waals surface area contributed by atoms with Gasteiger partial charge < -0.3 is 4.74 Å². The van der Waals surface area contributed by atoms with Gasteiger partial charge in [-0.3, -0.25) is 4.79 Å². The molecule has 2 heteroatoms. The normalized spacial score (nSPS) is 9.76. The third kappa shape index (κ3) is 16.7. The van der Waals surface area contributed by atoms with Gasteiger partial charge in [0.15, 0.2) is 0 Å². The quantitative estimate of drug-likeness (QED) is 0.196. The molecule has 0 radical (unpaired) electrons. The molecule has 21 heavy (non-hydrogen) atoms. The molecule has 0 aromatic carbocycles. The van der Waals surface area contributed by atoms with Gasteiger partial charge in [-0.2, -0.15) is 0 Å². The van der Waals surface area contributed by atoms with Crippen LogP contribution in [0.1, 0.15) is 83.5 Å². The summed E-state index contributed by atoms with van der Waals surface area (Å²) in [6.07, 6.45) is 16.7. The Hall–Kier alpha value is -1.23. The van der Waals surface area contributed by atoms with Gasteiger partial charge in [0, 0.05) is 19.3 Å². The maximum absolute atomic E-state index is 10.9. The van der Waals surface area contributed by atoms with Crippen LogP contribution in [-0.2, 0) is 9.53 Å². The molecule has 0 rings (SSSR count). The van der Waals surface area contributed by atoms with Crippen LogP contribution in [0.3, 0.4) is 0 Å². The van der Waals surface area contributed by atoms with Crippen LogP contribution in [0.25, 0.3) is 0 Å². The summed E-state index contributed by atoms with van der Waals surface area (Å²) in [5, 5.41) is 0. The molecule has 0 fully saturated rings. The van der Waals surface area contributed by atoms with Gasteiger partial charge in [-0.25, -0.2) is 0 Å². The van der Waals surface area contributed by atoms with Crippen molar-refractivity contribution in [2.75, 3.05) is 7.11 Å². The monoisotopic (exact) mass is 292 g/mol. The number of ether oxygens (including phenoxy) is 1. The van der Waals surface area contributed by atoms with Crippen molar-refractivity contribution in [2.24, 2.45) is 0 Å². The first-order valence-electron chi connectivity index (χ1n) is 8.44. The molecule has 120 valence electrons. The first kappa shape index (κ1) is 19.8. The fraction of sp³-hybridized carbons (Fsp3) is 0.737. The van der Waals surface area contributed by atoms with E-state index in [1.165, 1.54) is 52.1 Å². The number of carbonyl (C=O) groups is 1. The maximum Gasteiger partial charge on any atom is 0.305 e. The van der Waals surface area contributed by atoms with Crippen molar-refractivity contribution < 1.29 is 9.53 Å². The number of carbonyl (C=O) groups excluding carboxylic acids is 1. The molecule has 0 saturated carbocycles. The molecule has 0 spiro atoms. The number of unbranched alkanes of at least 4 members (excludes halogenated alkanes) is 10. The van der Waals surface area contributed by atoms with Crippen LogP contribution in [0.4, 0.5) is 0 Å². The van der Waals surface area contributed by atoms with Crippen LogP contribution in [0.2, 0.25) is 0 Å². The zero-order valence-corrected chi connectivity index (χ0v) is 13.8. The molecule has 0 aromatic rings. The van der Waals surface area contributed by atoms with Crippen molar-refractivity contribution in [1.29, 1.82) is 0 Å². The van der Waals surface area contributed by atoms with Gasteiger partial charge in [0.25, 0.3) is 0 Å². The van der Waals surface area contributed by atoms with Gasteiger partial charge in [0.2, 0.25) is 0 Å². The minimum atomic E-state index is -0.0809. The van der Waals surface area contributed by atoms with E-state index < -0.39 is 0 Å². The standard InChI is InChI=1S/C19H32O2/c1-3-4-5-6-7-8-9-10-11-12-13-14-15-16-17-18-19(20)21-2/h3H,1,4-5,8-18H2,2H3. The lowest BCUT2D eigenvalue weighted by Crippen LogP contribution is -1.99. The highest BCUT2D eigenvalue weighted by Gasteiger charge is 1.98. The van der Waals surface area contributed by atoms with Gasteiger partial charge in [-0.1, -0.05) is 51.0 Å². The smallest absolute Gasteiger partial charge is 0.305 e. The minimum Gasteiger partial charge on any atom is -0.469 e. The topological polar surface area (TPSA) is 26.3 Å². The second kappa shape index (κ2) is 16.8. The van der Waals surface area contributed by atoms with Gasteiger partial charge in [0.05, 0.1) is 7.11 Å². The van der Waals surface area contributed by atoms with E-state index in [0.717, 1.165) is 32.1 Å². The Morgan fingerprint density at radius 1 is 0.905 bits per heavy atom. The van der Waals surface area contributed by atoms with E-state index >= 15 is 0 Å². The van der Waals surface area contributed by atoms with E-state index in [2.05, 4.69) is 23.2 Å². The van der Waals surface area contributed by atoms with Crippen molar-refractivity contribution in [1.82, 2.24) is 0 Å². The summed E-state index contributed by atoms with van der Waals surface area (Å²) in [6, 6.07) is 0. The number of rotatable bonds is 13. The van der Waals surface area contributed by atoms with Gasteiger partial charge in [-0.15, -0.1) is 18.4 Å². The number of methoxy groups -OCH3 is 1. The van der Waals surface area contributed by atoms with Crippen molar-refractivity contribution in [3.8, 4) is 11.8 Å². The number of hydrogen-bond donors (Lipinski definition) is 0. The van der Waals surface area contributed by atoms with Crippen LogP contribution in [-0.4, -0.2) is 13.1 Å². The molecule has 0 heterocycles. The highest BCUT2D eigenvalue weighted by molar-refractivity contribution is 5.68. The summed E-state index contributed by atoms with van der Waals surface area (Å²) in [6.45, 7) is 3.68. The van der Waals surface area contributed by atoms with Crippen molar-refractivity contribution in [2.45, 2.75) is 83.5 Å². The van der Waals surface area contributed by atoms with E-state index in [1.807, 2.05) is 6.08 Å². The molecule has 0 aliphatic heterocycles. The van der Waals surface area contributed by atoms with Crippen molar-refractivity contribution in [3.63, 3.8) is 0 Å². The third-order valence-electron chi connectivity index (χ3n) is 3.51. The van der Waals surface area contributed by atoms with Crippen molar-refractivity contribution >= 4 is 5.97 Å². The highest BCUT2D eigenvalue weighted by atomic mass is 16.5. The molecular formula is C19H32O2. The lowest BCUT2D eigenvalue weighted by atomic mass is 10.1. The van der Waals surface area contributed by atoms with E-state index in [1.54, 1.807) is 0 Å². The highest BCUT2D eigenvalue weighted by Crippen LogP contribution is 2.11. The summed E-state index contributed by atoms with van der Waals surface area (Å²) < 4.78 is 4.62. The largest absolute Gasteiger partial charge is 0.469 e. The SMILES string of the molecule is C=CCCC#CCCCCCCCCCCCC(=O)OC. The zero-order valence-electron chi connectivity index (χ0n) is 13.8. The van der Waals surface area contributed by atoms with Crippen molar-refractivity contribution in [3.05, 3.63) is 12.7 Å². The minimum absolute atomic E-state index is 0.0809. The molecule has 0 saturated heterocycles. The van der Waals surface area contributed by atoms with Gasteiger partial charge in [-0.05, 0) is 19.3 Å². The van der Waals surface area contributed by atoms with Crippen LogP contribution in [0.15, 0.2) is 12.7 Å².